The Hall–Kier alpha value is -0.480. The molecule has 0 aliphatic carbocycles. The summed E-state index contributed by atoms with van der Waals surface area (Å²) in [6.45, 7) is 5.62. The second-order valence-corrected chi connectivity index (χ2v) is 4.99. The third-order valence-corrected chi connectivity index (χ3v) is 4.12. The summed E-state index contributed by atoms with van der Waals surface area (Å²) < 4.78 is 1.43. The molecule has 1 rings (SSSR count). The van der Waals surface area contributed by atoms with Gasteiger partial charge in [-0.3, -0.25) is 9.59 Å². The van der Waals surface area contributed by atoms with Crippen molar-refractivity contribution in [3.05, 3.63) is 12.7 Å². The van der Waals surface area contributed by atoms with Gasteiger partial charge in [-0.2, -0.15) is 0 Å². The molecule has 1 saturated heterocycles. The molecule has 1 fully saturated rings. The zero-order chi connectivity index (χ0) is 9.84. The number of amides is 2. The summed E-state index contributed by atoms with van der Waals surface area (Å²) in [5.41, 5.74) is 0. The van der Waals surface area contributed by atoms with E-state index in [0.717, 1.165) is 11.5 Å². The molecule has 80 valence electrons. The summed E-state index contributed by atoms with van der Waals surface area (Å²) in [4.78, 5) is 22.7. The molecule has 1 atom stereocenters. The van der Waals surface area contributed by atoms with E-state index in [1.807, 2.05) is 6.92 Å². The van der Waals surface area contributed by atoms with Crippen LogP contribution < -0.4 is 12.4 Å². The van der Waals surface area contributed by atoms with Crippen molar-refractivity contribution in [1.29, 1.82) is 0 Å². The quantitative estimate of drug-likeness (QED) is 0.318. The summed E-state index contributed by atoms with van der Waals surface area (Å²) in [6.07, 6.45) is 2.55. The first-order valence-corrected chi connectivity index (χ1v) is 5.87. The predicted octanol–water partition coefficient (Wildman–Crippen LogP) is -2.12. The third-order valence-electron chi connectivity index (χ3n) is 1.91. The maximum atomic E-state index is 11.3. The van der Waals surface area contributed by atoms with Gasteiger partial charge in [0.1, 0.15) is 16.8 Å². The van der Waals surface area contributed by atoms with Crippen molar-refractivity contribution in [2.75, 3.05) is 11.5 Å². The van der Waals surface area contributed by atoms with E-state index in [0.29, 0.717) is 12.8 Å². The van der Waals surface area contributed by atoms with Gasteiger partial charge in [-0.1, -0.05) is 10.9 Å². The Bertz CT molecular complexity index is 229. The summed E-state index contributed by atoms with van der Waals surface area (Å²) >= 11 is -0.251. The summed E-state index contributed by atoms with van der Waals surface area (Å²) in [5.74, 6) is 1.53. The van der Waals surface area contributed by atoms with Gasteiger partial charge in [0.2, 0.25) is 0 Å². The number of nitrogens with zero attached hydrogens (tertiary/aromatic N) is 1. The average molecular weight is 236 g/mol. The SMILES string of the molecule is C=CC[S+](CC)N1C(=O)CCC1=O.[Cl-]. The first kappa shape index (κ1) is 13.5. The molecule has 14 heavy (non-hydrogen) atoms. The lowest BCUT2D eigenvalue weighted by Crippen LogP contribution is -3.00. The Balaban J connectivity index is 0.00000169. The molecule has 1 unspecified atom stereocenters. The number of carbonyl (C=O) groups is 2. The van der Waals surface area contributed by atoms with Crippen molar-refractivity contribution in [3.8, 4) is 0 Å². The van der Waals surface area contributed by atoms with E-state index in [1.165, 1.54) is 4.31 Å². The lowest BCUT2D eigenvalue weighted by atomic mass is 10.4. The minimum absolute atomic E-state index is 0. The smallest absolute Gasteiger partial charge is 0.273 e. The van der Waals surface area contributed by atoms with Crippen molar-refractivity contribution in [2.45, 2.75) is 19.8 Å². The monoisotopic (exact) mass is 235 g/mol. The van der Waals surface area contributed by atoms with Crippen molar-refractivity contribution < 1.29 is 22.0 Å². The molecule has 0 aromatic rings. The van der Waals surface area contributed by atoms with Crippen molar-refractivity contribution in [3.63, 3.8) is 0 Å². The molecule has 0 saturated carbocycles. The maximum absolute atomic E-state index is 11.3. The van der Waals surface area contributed by atoms with Crippen LogP contribution in [0.2, 0.25) is 0 Å². The standard InChI is InChI=1S/C9H14NO2S.ClH/c1-3-7-13(4-2)10-8(11)5-6-9(10)12;/h3H,1,4-7H2,2H3;1H/q+1;/p-1. The molecule has 2 amide bonds. The van der Waals surface area contributed by atoms with E-state index in [1.54, 1.807) is 6.08 Å². The van der Waals surface area contributed by atoms with Gasteiger partial charge in [0.05, 0.1) is 0 Å². The largest absolute Gasteiger partial charge is 1.00 e. The number of imide groups is 1. The molecule has 1 aliphatic rings. The number of carbonyl (C=O) groups excluding carboxylic acids is 2. The van der Waals surface area contributed by atoms with Crippen LogP contribution in [0.1, 0.15) is 19.8 Å². The van der Waals surface area contributed by atoms with Crippen LogP contribution >= 0.6 is 0 Å². The lowest BCUT2D eigenvalue weighted by molar-refractivity contribution is -0.132. The molecular weight excluding hydrogens is 222 g/mol. The van der Waals surface area contributed by atoms with Crippen LogP contribution in [0.4, 0.5) is 0 Å². The number of halogens is 1. The number of hydrogen-bond acceptors (Lipinski definition) is 2. The maximum Gasteiger partial charge on any atom is 0.273 e. The average Bonchev–Trinajstić information content (AvgIpc) is 2.43. The summed E-state index contributed by atoms with van der Waals surface area (Å²) in [7, 11) is 0. The van der Waals surface area contributed by atoms with Crippen LogP contribution in [0.15, 0.2) is 12.7 Å². The van der Waals surface area contributed by atoms with Gasteiger partial charge in [0, 0.05) is 12.8 Å². The van der Waals surface area contributed by atoms with E-state index in [-0.39, 0.29) is 35.3 Å². The molecule has 0 N–H and O–H groups in total. The van der Waals surface area contributed by atoms with Crippen molar-refractivity contribution >= 4 is 22.9 Å². The molecule has 1 aliphatic heterocycles. The van der Waals surface area contributed by atoms with E-state index in [4.69, 9.17) is 0 Å². The number of hydrogen-bond donors (Lipinski definition) is 0. The van der Waals surface area contributed by atoms with Crippen LogP contribution in [-0.4, -0.2) is 27.6 Å². The zero-order valence-corrected chi connectivity index (χ0v) is 9.74. The number of rotatable bonds is 4. The second-order valence-electron chi connectivity index (χ2n) is 2.79. The first-order chi connectivity index (χ1) is 6.20. The van der Waals surface area contributed by atoms with Crippen LogP contribution in [0.3, 0.4) is 0 Å². The van der Waals surface area contributed by atoms with E-state index >= 15 is 0 Å². The van der Waals surface area contributed by atoms with E-state index in [9.17, 15) is 9.59 Å². The predicted molar refractivity (Wildman–Crippen MR) is 54.1 cm³/mol. The van der Waals surface area contributed by atoms with E-state index < -0.39 is 0 Å². The van der Waals surface area contributed by atoms with Gasteiger partial charge >= 0.3 is 0 Å². The zero-order valence-electron chi connectivity index (χ0n) is 8.16. The fraction of sp³-hybridized carbons (Fsp3) is 0.556. The Morgan fingerprint density at radius 1 is 1.43 bits per heavy atom. The lowest BCUT2D eigenvalue weighted by Gasteiger charge is -2.12. The fourth-order valence-corrected chi connectivity index (χ4v) is 2.98. The van der Waals surface area contributed by atoms with Crippen LogP contribution in [0, 0.1) is 0 Å². The van der Waals surface area contributed by atoms with Crippen LogP contribution in [0.5, 0.6) is 0 Å². The Kier molecular flexibility index (Phi) is 5.88. The van der Waals surface area contributed by atoms with E-state index in [2.05, 4.69) is 6.58 Å². The minimum Gasteiger partial charge on any atom is -1.00 e. The van der Waals surface area contributed by atoms with Crippen molar-refractivity contribution in [2.24, 2.45) is 0 Å². The Morgan fingerprint density at radius 3 is 2.29 bits per heavy atom. The van der Waals surface area contributed by atoms with Crippen LogP contribution in [0.25, 0.3) is 0 Å². The van der Waals surface area contributed by atoms with Gasteiger partial charge < -0.3 is 12.4 Å². The molecule has 0 bridgehead atoms. The Labute approximate surface area is 93.4 Å². The normalized spacial score (nSPS) is 17.9. The second kappa shape index (κ2) is 6.09. The highest BCUT2D eigenvalue weighted by Gasteiger charge is 2.41. The molecule has 5 heteroatoms. The van der Waals surface area contributed by atoms with Gasteiger partial charge in [-0.25, -0.2) is 0 Å². The third kappa shape index (κ3) is 2.75. The van der Waals surface area contributed by atoms with Gasteiger partial charge in [0.25, 0.3) is 11.8 Å². The highest BCUT2D eigenvalue weighted by atomic mass is 35.5. The summed E-state index contributed by atoms with van der Waals surface area (Å²) in [5, 5.41) is 0. The first-order valence-electron chi connectivity index (χ1n) is 4.35. The Morgan fingerprint density at radius 2 is 1.93 bits per heavy atom. The van der Waals surface area contributed by atoms with Crippen LogP contribution in [-0.2, 0) is 20.7 Å². The molecular formula is C9H14ClNO2S. The van der Waals surface area contributed by atoms with Crippen molar-refractivity contribution in [1.82, 2.24) is 4.31 Å². The molecule has 0 aromatic heterocycles. The molecule has 3 nitrogen and oxygen atoms in total. The van der Waals surface area contributed by atoms with Gasteiger partial charge in [-0.15, -0.1) is 0 Å². The molecule has 0 spiro atoms. The molecule has 1 heterocycles. The van der Waals surface area contributed by atoms with Gasteiger partial charge in [0.15, 0.2) is 5.75 Å². The fourth-order valence-electron chi connectivity index (χ4n) is 1.30. The topological polar surface area (TPSA) is 37.4 Å². The molecule has 0 aromatic carbocycles. The minimum atomic E-state index is -0.251. The highest BCUT2D eigenvalue weighted by Crippen LogP contribution is 2.18. The summed E-state index contributed by atoms with van der Waals surface area (Å²) in [6, 6.07) is 0. The highest BCUT2D eigenvalue weighted by molar-refractivity contribution is 7.95. The van der Waals surface area contributed by atoms with Gasteiger partial charge in [-0.05, 0) is 13.0 Å². The molecule has 0 radical (unpaired) electrons.